The van der Waals surface area contributed by atoms with Crippen molar-refractivity contribution in [2.75, 3.05) is 5.43 Å². The molecule has 21 heavy (non-hydrogen) atoms. The van der Waals surface area contributed by atoms with Crippen molar-refractivity contribution in [3.8, 4) is 0 Å². The van der Waals surface area contributed by atoms with Crippen LogP contribution in [0.25, 0.3) is 0 Å². The van der Waals surface area contributed by atoms with E-state index >= 15 is 0 Å². The van der Waals surface area contributed by atoms with Gasteiger partial charge in [0.05, 0.1) is 22.5 Å². The Labute approximate surface area is 119 Å². The lowest BCUT2D eigenvalue weighted by Crippen LogP contribution is -2.06. The minimum atomic E-state index is -1.07. The summed E-state index contributed by atoms with van der Waals surface area (Å²) in [6.07, 6.45) is 0. The van der Waals surface area contributed by atoms with Gasteiger partial charge in [-0.2, -0.15) is 5.10 Å². The molecule has 0 amide bonds. The third kappa shape index (κ3) is 3.42. The van der Waals surface area contributed by atoms with Gasteiger partial charge in [-0.25, -0.2) is 13.6 Å². The molecule has 0 atom stereocenters. The molecule has 0 aliphatic carbocycles. The lowest BCUT2D eigenvalue weighted by atomic mass is 10.1. The molecule has 2 aromatic rings. The van der Waals surface area contributed by atoms with Crippen LogP contribution in [0.4, 0.5) is 14.5 Å². The monoisotopic (exact) mass is 290 g/mol. The van der Waals surface area contributed by atoms with E-state index in [1.54, 1.807) is 12.1 Å². The molecule has 0 aliphatic rings. The number of carboxylic acids is 1. The molecular formula is C15H12F2N2O2. The zero-order valence-corrected chi connectivity index (χ0v) is 11.1. The number of hydrogen-bond donors (Lipinski definition) is 2. The summed E-state index contributed by atoms with van der Waals surface area (Å²) in [6, 6.07) is 9.49. The first-order valence-electron chi connectivity index (χ1n) is 6.07. The van der Waals surface area contributed by atoms with Crippen molar-refractivity contribution < 1.29 is 18.7 Å². The molecule has 4 nitrogen and oxygen atoms in total. The van der Waals surface area contributed by atoms with Gasteiger partial charge in [-0.15, -0.1) is 0 Å². The van der Waals surface area contributed by atoms with Gasteiger partial charge >= 0.3 is 5.97 Å². The topological polar surface area (TPSA) is 61.7 Å². The maximum Gasteiger partial charge on any atom is 0.335 e. The molecule has 0 spiro atoms. The number of benzene rings is 2. The first kappa shape index (κ1) is 14.6. The quantitative estimate of drug-likeness (QED) is 0.669. The highest BCUT2D eigenvalue weighted by molar-refractivity contribution is 5.99. The highest BCUT2D eigenvalue weighted by atomic mass is 19.1. The maximum absolute atomic E-state index is 13.6. The summed E-state index contributed by atoms with van der Waals surface area (Å²) in [4.78, 5) is 10.8. The molecule has 0 unspecified atom stereocenters. The average molecular weight is 290 g/mol. The van der Waals surface area contributed by atoms with E-state index in [4.69, 9.17) is 5.11 Å². The summed E-state index contributed by atoms with van der Waals surface area (Å²) in [7, 11) is 0. The lowest BCUT2D eigenvalue weighted by Gasteiger charge is -2.06. The van der Waals surface area contributed by atoms with Crippen LogP contribution in [-0.4, -0.2) is 16.8 Å². The van der Waals surface area contributed by atoms with Gasteiger partial charge < -0.3 is 5.11 Å². The van der Waals surface area contributed by atoms with Gasteiger partial charge in [0.2, 0.25) is 0 Å². The van der Waals surface area contributed by atoms with Gasteiger partial charge in [0.25, 0.3) is 0 Å². The van der Waals surface area contributed by atoms with Crippen LogP contribution in [-0.2, 0) is 0 Å². The van der Waals surface area contributed by atoms with E-state index in [1.807, 2.05) is 0 Å². The number of hydrogen-bond acceptors (Lipinski definition) is 3. The van der Waals surface area contributed by atoms with Crippen molar-refractivity contribution in [1.82, 2.24) is 0 Å². The van der Waals surface area contributed by atoms with Gasteiger partial charge in [-0.05, 0) is 37.3 Å². The van der Waals surface area contributed by atoms with Gasteiger partial charge in [-0.1, -0.05) is 12.1 Å². The number of halogens is 2. The van der Waals surface area contributed by atoms with E-state index in [1.165, 1.54) is 25.1 Å². The smallest absolute Gasteiger partial charge is 0.335 e. The summed E-state index contributed by atoms with van der Waals surface area (Å²) >= 11 is 0. The second-order valence-corrected chi connectivity index (χ2v) is 4.29. The third-order valence-electron chi connectivity index (χ3n) is 2.79. The van der Waals surface area contributed by atoms with Crippen LogP contribution in [0.3, 0.4) is 0 Å². The van der Waals surface area contributed by atoms with E-state index in [2.05, 4.69) is 10.5 Å². The summed E-state index contributed by atoms with van der Waals surface area (Å²) in [5.74, 6) is -2.49. The normalized spacial score (nSPS) is 11.3. The van der Waals surface area contributed by atoms with Crippen LogP contribution in [0.5, 0.6) is 0 Å². The molecule has 108 valence electrons. The van der Waals surface area contributed by atoms with Crippen LogP contribution in [0.1, 0.15) is 22.8 Å². The highest BCUT2D eigenvalue weighted by Gasteiger charge is 2.11. The summed E-state index contributed by atoms with van der Waals surface area (Å²) < 4.78 is 27.1. The lowest BCUT2D eigenvalue weighted by molar-refractivity contribution is 0.0697. The number of anilines is 1. The molecule has 0 aliphatic heterocycles. The first-order valence-corrected chi connectivity index (χ1v) is 6.07. The van der Waals surface area contributed by atoms with Crippen molar-refractivity contribution >= 4 is 17.4 Å². The van der Waals surface area contributed by atoms with E-state index in [0.29, 0.717) is 5.69 Å². The Balaban J connectivity index is 2.25. The van der Waals surface area contributed by atoms with Crippen LogP contribution in [0, 0.1) is 11.6 Å². The molecule has 0 fully saturated rings. The van der Waals surface area contributed by atoms with Gasteiger partial charge in [0.15, 0.2) is 0 Å². The number of carboxylic acid groups (broad SMARTS) is 1. The Morgan fingerprint density at radius 3 is 2.38 bits per heavy atom. The largest absolute Gasteiger partial charge is 0.478 e. The Bertz CT molecular complexity index is 694. The number of nitrogens with one attached hydrogen (secondary N) is 1. The van der Waals surface area contributed by atoms with Crippen LogP contribution >= 0.6 is 0 Å². The minimum Gasteiger partial charge on any atom is -0.478 e. The van der Waals surface area contributed by atoms with E-state index in [9.17, 15) is 13.6 Å². The van der Waals surface area contributed by atoms with Crippen molar-refractivity contribution in [3.63, 3.8) is 0 Å². The second kappa shape index (κ2) is 6.13. The van der Waals surface area contributed by atoms with E-state index in [0.717, 1.165) is 12.1 Å². The summed E-state index contributed by atoms with van der Waals surface area (Å²) in [5.41, 5.74) is 2.97. The molecule has 2 rings (SSSR count). The highest BCUT2D eigenvalue weighted by Crippen LogP contribution is 2.15. The molecule has 0 heterocycles. The number of carbonyl (C=O) groups is 1. The predicted molar refractivity (Wildman–Crippen MR) is 75.6 cm³/mol. The number of hydrazone groups is 1. The fraction of sp³-hybridized carbons (Fsp3) is 0.0667. The molecule has 0 saturated heterocycles. The van der Waals surface area contributed by atoms with Crippen LogP contribution in [0.15, 0.2) is 47.6 Å². The zero-order valence-electron chi connectivity index (χ0n) is 11.1. The Morgan fingerprint density at radius 2 is 1.76 bits per heavy atom. The van der Waals surface area contributed by atoms with E-state index in [-0.39, 0.29) is 16.8 Å². The average Bonchev–Trinajstić information content (AvgIpc) is 2.45. The zero-order chi connectivity index (χ0) is 15.4. The fourth-order valence-electron chi connectivity index (χ4n) is 1.77. The molecular weight excluding hydrogens is 278 g/mol. The van der Waals surface area contributed by atoms with E-state index < -0.39 is 17.6 Å². The van der Waals surface area contributed by atoms with Crippen LogP contribution < -0.4 is 5.43 Å². The van der Waals surface area contributed by atoms with Gasteiger partial charge in [0.1, 0.15) is 11.6 Å². The van der Waals surface area contributed by atoms with Crippen molar-refractivity contribution in [2.24, 2.45) is 5.10 Å². The maximum atomic E-state index is 13.6. The molecule has 0 saturated carbocycles. The molecule has 0 bridgehead atoms. The molecule has 2 N–H and O–H groups in total. The van der Waals surface area contributed by atoms with Crippen molar-refractivity contribution in [2.45, 2.75) is 6.92 Å². The predicted octanol–water partition coefficient (Wildman–Crippen LogP) is 3.50. The molecule has 0 aromatic heterocycles. The minimum absolute atomic E-state index is 0.0879. The molecule has 2 aromatic carbocycles. The Kier molecular flexibility index (Phi) is 4.27. The van der Waals surface area contributed by atoms with Gasteiger partial charge in [-0.3, -0.25) is 5.43 Å². The third-order valence-corrected chi connectivity index (χ3v) is 2.79. The molecule has 0 radical (unpaired) electrons. The summed E-state index contributed by atoms with van der Waals surface area (Å²) in [6.45, 7) is 1.45. The Hall–Kier alpha value is -2.76. The SMILES string of the molecule is C/C(=N/Nc1cccc(C(=O)O)c1)c1c(F)cccc1F. The Morgan fingerprint density at radius 1 is 1.14 bits per heavy atom. The summed E-state index contributed by atoms with van der Waals surface area (Å²) in [5, 5.41) is 12.8. The van der Waals surface area contributed by atoms with Crippen LogP contribution in [0.2, 0.25) is 0 Å². The van der Waals surface area contributed by atoms with Crippen molar-refractivity contribution in [3.05, 3.63) is 65.2 Å². The molecule has 6 heteroatoms. The van der Waals surface area contributed by atoms with Crippen molar-refractivity contribution in [1.29, 1.82) is 0 Å². The number of aromatic carboxylic acids is 1. The standard InChI is InChI=1S/C15H12F2N2O2/c1-9(14-12(16)6-3-7-13(14)17)18-19-11-5-2-4-10(8-11)15(20)21/h2-8,19H,1H3,(H,20,21)/b18-9-. The second-order valence-electron chi connectivity index (χ2n) is 4.29. The first-order chi connectivity index (χ1) is 9.99. The fourth-order valence-corrected chi connectivity index (χ4v) is 1.77. The number of rotatable bonds is 4. The number of nitrogens with zero attached hydrogens (tertiary/aromatic N) is 1. The van der Waals surface area contributed by atoms with Gasteiger partial charge in [0, 0.05) is 0 Å².